The third kappa shape index (κ3) is 5.03. The SMILES string of the molecule is CSc1ccncc1-c1cc(Nc2ccncn2)ccc1C(=O)NC1CCCCC1N. The Bertz CT molecular complexity index is 1050. The number of anilines is 2. The molecule has 2 aromatic heterocycles. The van der Waals surface area contributed by atoms with Crippen LogP contribution in [0.5, 0.6) is 0 Å². The summed E-state index contributed by atoms with van der Waals surface area (Å²) < 4.78 is 0. The Morgan fingerprint density at radius 2 is 1.94 bits per heavy atom. The van der Waals surface area contributed by atoms with E-state index >= 15 is 0 Å². The molecule has 0 saturated heterocycles. The molecule has 160 valence electrons. The van der Waals surface area contributed by atoms with Crippen LogP contribution in [0.1, 0.15) is 36.0 Å². The number of nitrogens with two attached hydrogens (primary N) is 1. The van der Waals surface area contributed by atoms with E-state index in [1.54, 1.807) is 36.4 Å². The van der Waals surface area contributed by atoms with Gasteiger partial charge in [-0.2, -0.15) is 0 Å². The van der Waals surface area contributed by atoms with E-state index in [0.717, 1.165) is 47.4 Å². The second-order valence-electron chi connectivity index (χ2n) is 7.58. The highest BCUT2D eigenvalue weighted by molar-refractivity contribution is 7.98. The van der Waals surface area contributed by atoms with Crippen LogP contribution in [0.15, 0.2) is 60.1 Å². The fourth-order valence-electron chi connectivity index (χ4n) is 3.90. The third-order valence-corrected chi connectivity index (χ3v) is 6.34. The summed E-state index contributed by atoms with van der Waals surface area (Å²) in [6.45, 7) is 0. The van der Waals surface area contributed by atoms with Crippen LogP contribution in [0.3, 0.4) is 0 Å². The van der Waals surface area contributed by atoms with Gasteiger partial charge in [0.15, 0.2) is 0 Å². The molecule has 1 fully saturated rings. The second kappa shape index (κ2) is 9.89. The van der Waals surface area contributed by atoms with E-state index in [0.29, 0.717) is 11.4 Å². The van der Waals surface area contributed by atoms with Gasteiger partial charge < -0.3 is 16.4 Å². The van der Waals surface area contributed by atoms with Crippen molar-refractivity contribution in [2.75, 3.05) is 11.6 Å². The van der Waals surface area contributed by atoms with E-state index in [-0.39, 0.29) is 18.0 Å². The lowest BCUT2D eigenvalue weighted by Gasteiger charge is -2.29. The Balaban J connectivity index is 1.70. The maximum absolute atomic E-state index is 13.3. The zero-order valence-electron chi connectivity index (χ0n) is 17.4. The molecule has 1 saturated carbocycles. The van der Waals surface area contributed by atoms with Crippen molar-refractivity contribution in [1.82, 2.24) is 20.3 Å². The number of nitrogens with zero attached hydrogens (tertiary/aromatic N) is 3. The Morgan fingerprint density at radius 1 is 1.10 bits per heavy atom. The van der Waals surface area contributed by atoms with Crippen LogP contribution in [-0.4, -0.2) is 39.2 Å². The predicted octanol–water partition coefficient (Wildman–Crippen LogP) is 4.00. The van der Waals surface area contributed by atoms with Gasteiger partial charge in [-0.3, -0.25) is 9.78 Å². The molecule has 4 rings (SSSR count). The average molecular weight is 435 g/mol. The van der Waals surface area contributed by atoms with Crippen molar-refractivity contribution >= 4 is 29.2 Å². The van der Waals surface area contributed by atoms with Gasteiger partial charge in [0.1, 0.15) is 12.1 Å². The van der Waals surface area contributed by atoms with Gasteiger partial charge in [-0.1, -0.05) is 12.8 Å². The molecule has 0 aliphatic heterocycles. The molecule has 0 radical (unpaired) electrons. The Morgan fingerprint density at radius 3 is 2.71 bits per heavy atom. The Labute approximate surface area is 186 Å². The molecule has 2 heterocycles. The van der Waals surface area contributed by atoms with Crippen LogP contribution in [0.25, 0.3) is 11.1 Å². The summed E-state index contributed by atoms with van der Waals surface area (Å²) in [5, 5.41) is 6.45. The maximum atomic E-state index is 13.3. The molecule has 2 atom stereocenters. The smallest absolute Gasteiger partial charge is 0.252 e. The molecule has 4 N–H and O–H groups in total. The van der Waals surface area contributed by atoms with Crippen molar-refractivity contribution in [2.24, 2.45) is 5.73 Å². The Kier molecular flexibility index (Phi) is 6.79. The summed E-state index contributed by atoms with van der Waals surface area (Å²) in [6, 6.07) is 9.46. The number of aromatic nitrogens is 3. The van der Waals surface area contributed by atoms with Gasteiger partial charge >= 0.3 is 0 Å². The molecule has 2 unspecified atom stereocenters. The van der Waals surface area contributed by atoms with Gasteiger partial charge in [0.2, 0.25) is 0 Å². The van der Waals surface area contributed by atoms with Crippen LogP contribution in [-0.2, 0) is 0 Å². The first-order valence-electron chi connectivity index (χ1n) is 10.4. The standard InChI is InChI=1S/C23H26N6OS/c1-31-21-8-10-25-13-18(21)17-12-15(28-22-9-11-26-14-27-22)6-7-16(17)23(30)29-20-5-3-2-4-19(20)24/h6-14,19-20H,2-5,24H2,1H3,(H,29,30)(H,26,27,28). The first-order chi connectivity index (χ1) is 15.2. The lowest BCUT2D eigenvalue weighted by molar-refractivity contribution is 0.0922. The zero-order valence-corrected chi connectivity index (χ0v) is 18.2. The molecule has 7 nitrogen and oxygen atoms in total. The molecule has 1 aliphatic carbocycles. The maximum Gasteiger partial charge on any atom is 0.252 e. The van der Waals surface area contributed by atoms with Crippen molar-refractivity contribution in [2.45, 2.75) is 42.7 Å². The zero-order chi connectivity index (χ0) is 21.6. The van der Waals surface area contributed by atoms with Crippen LogP contribution in [0.4, 0.5) is 11.5 Å². The van der Waals surface area contributed by atoms with Gasteiger partial charge in [0, 0.05) is 52.4 Å². The van der Waals surface area contributed by atoms with Gasteiger partial charge in [-0.05, 0) is 55.0 Å². The lowest BCUT2D eigenvalue weighted by Crippen LogP contribution is -2.49. The molecule has 1 aliphatic rings. The molecule has 0 bridgehead atoms. The number of rotatable bonds is 6. The number of carbonyl (C=O) groups is 1. The number of amides is 1. The summed E-state index contributed by atoms with van der Waals surface area (Å²) >= 11 is 1.62. The number of benzene rings is 1. The van der Waals surface area contributed by atoms with E-state index in [4.69, 9.17) is 5.73 Å². The lowest BCUT2D eigenvalue weighted by atomic mass is 9.90. The molecule has 1 amide bonds. The number of thioether (sulfide) groups is 1. The molecule has 31 heavy (non-hydrogen) atoms. The van der Waals surface area contributed by atoms with E-state index in [9.17, 15) is 4.79 Å². The molecule has 3 aromatic rings. The third-order valence-electron chi connectivity index (χ3n) is 5.55. The molecule has 1 aromatic carbocycles. The van der Waals surface area contributed by atoms with Crippen LogP contribution < -0.4 is 16.4 Å². The van der Waals surface area contributed by atoms with E-state index < -0.39 is 0 Å². The quantitative estimate of drug-likeness (QED) is 0.504. The fraction of sp³-hybridized carbons (Fsp3) is 0.304. The highest BCUT2D eigenvalue weighted by atomic mass is 32.2. The first kappa shape index (κ1) is 21.3. The van der Waals surface area contributed by atoms with Crippen molar-refractivity contribution in [3.8, 4) is 11.1 Å². The first-order valence-corrected chi connectivity index (χ1v) is 11.6. The highest BCUT2D eigenvalue weighted by Crippen LogP contribution is 2.34. The largest absolute Gasteiger partial charge is 0.348 e. The summed E-state index contributed by atoms with van der Waals surface area (Å²) in [7, 11) is 0. The van der Waals surface area contributed by atoms with Gasteiger partial charge in [0.25, 0.3) is 5.91 Å². The predicted molar refractivity (Wildman–Crippen MR) is 124 cm³/mol. The van der Waals surface area contributed by atoms with Gasteiger partial charge in [0.05, 0.1) is 0 Å². The van der Waals surface area contributed by atoms with Crippen molar-refractivity contribution in [3.63, 3.8) is 0 Å². The second-order valence-corrected chi connectivity index (χ2v) is 8.43. The van der Waals surface area contributed by atoms with Crippen LogP contribution in [0, 0.1) is 0 Å². The number of hydrogen-bond acceptors (Lipinski definition) is 7. The van der Waals surface area contributed by atoms with Gasteiger partial charge in [-0.15, -0.1) is 11.8 Å². The van der Waals surface area contributed by atoms with E-state index in [1.807, 2.05) is 30.5 Å². The fourth-order valence-corrected chi connectivity index (χ4v) is 4.48. The minimum atomic E-state index is -0.109. The summed E-state index contributed by atoms with van der Waals surface area (Å²) in [5.74, 6) is 0.574. The highest BCUT2D eigenvalue weighted by Gasteiger charge is 2.25. The topological polar surface area (TPSA) is 106 Å². The van der Waals surface area contributed by atoms with E-state index in [1.165, 1.54) is 6.33 Å². The summed E-state index contributed by atoms with van der Waals surface area (Å²) in [4.78, 5) is 26.8. The number of pyridine rings is 1. The normalized spacial score (nSPS) is 18.4. The number of carbonyl (C=O) groups excluding carboxylic acids is 1. The van der Waals surface area contributed by atoms with Crippen LogP contribution in [0.2, 0.25) is 0 Å². The van der Waals surface area contributed by atoms with Crippen molar-refractivity contribution in [3.05, 3.63) is 60.8 Å². The summed E-state index contributed by atoms with van der Waals surface area (Å²) in [6.07, 6.45) is 12.8. The average Bonchev–Trinajstić information content (AvgIpc) is 2.81. The molecule has 0 spiro atoms. The van der Waals surface area contributed by atoms with Crippen molar-refractivity contribution in [1.29, 1.82) is 0 Å². The number of nitrogens with one attached hydrogen (secondary N) is 2. The molecule has 8 heteroatoms. The Hall–Kier alpha value is -2.97. The number of hydrogen-bond donors (Lipinski definition) is 3. The molecular formula is C23H26N6OS. The minimum Gasteiger partial charge on any atom is -0.348 e. The monoisotopic (exact) mass is 434 g/mol. The van der Waals surface area contributed by atoms with E-state index in [2.05, 4.69) is 25.6 Å². The summed E-state index contributed by atoms with van der Waals surface area (Å²) in [5.41, 5.74) is 9.43. The van der Waals surface area contributed by atoms with Gasteiger partial charge in [-0.25, -0.2) is 9.97 Å². The van der Waals surface area contributed by atoms with Crippen molar-refractivity contribution < 1.29 is 4.79 Å². The minimum absolute atomic E-state index is 0.00000430. The van der Waals surface area contributed by atoms with Crippen LogP contribution >= 0.6 is 11.8 Å². The molecular weight excluding hydrogens is 408 g/mol.